The monoisotopic (exact) mass is 209 g/mol. The van der Waals surface area contributed by atoms with Gasteiger partial charge in [0.2, 0.25) is 0 Å². The molecular weight excluding hydrogens is 194 g/mol. The molecule has 4 nitrogen and oxygen atoms in total. The molecule has 2 unspecified atom stereocenters. The van der Waals surface area contributed by atoms with Crippen LogP contribution in [0, 0.1) is 23.2 Å². The first kappa shape index (κ1) is 9.19. The van der Waals surface area contributed by atoms with Crippen molar-refractivity contribution in [2.75, 3.05) is 0 Å². The van der Waals surface area contributed by atoms with E-state index in [-0.39, 0.29) is 5.92 Å². The average Bonchev–Trinajstić information content (AvgIpc) is 2.16. The van der Waals surface area contributed by atoms with Gasteiger partial charge in [0.05, 0.1) is 5.71 Å². The zero-order chi connectivity index (χ0) is 10.6. The molecule has 82 valence electrons. The van der Waals surface area contributed by atoms with E-state index in [0.29, 0.717) is 30.4 Å². The molecule has 2 N–H and O–H groups in total. The molecule has 0 amide bonds. The van der Waals surface area contributed by atoms with Crippen LogP contribution in [0.4, 0.5) is 0 Å². The van der Waals surface area contributed by atoms with Gasteiger partial charge in [-0.2, -0.15) is 0 Å². The molecule has 0 aliphatic heterocycles. The smallest absolute Gasteiger partial charge is 0.315 e. The van der Waals surface area contributed by atoms with E-state index >= 15 is 0 Å². The van der Waals surface area contributed by atoms with Gasteiger partial charge in [-0.05, 0) is 43.9 Å². The number of aliphatic carboxylic acids is 1. The molecule has 0 spiro atoms. The molecule has 0 heterocycles. The quantitative estimate of drug-likeness (QED) is 0.510. The van der Waals surface area contributed by atoms with E-state index in [1.54, 1.807) is 0 Å². The molecule has 0 aromatic carbocycles. The first-order valence-electron chi connectivity index (χ1n) is 5.61. The fraction of sp³-hybridized carbons (Fsp3) is 0.818. The Balaban J connectivity index is 2.08. The maximum Gasteiger partial charge on any atom is 0.315 e. The van der Waals surface area contributed by atoms with Crippen LogP contribution in [0.5, 0.6) is 0 Å². The van der Waals surface area contributed by atoms with Crippen molar-refractivity contribution in [2.45, 2.75) is 32.1 Å². The van der Waals surface area contributed by atoms with E-state index in [0.717, 1.165) is 12.8 Å². The van der Waals surface area contributed by atoms with Gasteiger partial charge in [0.25, 0.3) is 0 Å². The number of oxime groups is 1. The van der Waals surface area contributed by atoms with E-state index in [9.17, 15) is 9.90 Å². The fourth-order valence-corrected chi connectivity index (χ4v) is 4.25. The van der Waals surface area contributed by atoms with E-state index in [4.69, 9.17) is 5.21 Å². The molecule has 0 aromatic heterocycles. The molecular formula is C11H15NO3. The topological polar surface area (TPSA) is 69.9 Å². The first-order valence-corrected chi connectivity index (χ1v) is 5.61. The summed E-state index contributed by atoms with van der Waals surface area (Å²) in [5, 5.41) is 21.7. The highest BCUT2D eigenvalue weighted by molar-refractivity contribution is 6.08. The molecule has 0 aromatic rings. The molecule has 4 bridgehead atoms. The van der Waals surface area contributed by atoms with Crippen LogP contribution in [0.3, 0.4) is 0 Å². The summed E-state index contributed by atoms with van der Waals surface area (Å²) in [6, 6.07) is 0. The van der Waals surface area contributed by atoms with Crippen LogP contribution >= 0.6 is 0 Å². The lowest BCUT2D eigenvalue weighted by Gasteiger charge is -2.54. The van der Waals surface area contributed by atoms with Crippen LogP contribution < -0.4 is 0 Å². The van der Waals surface area contributed by atoms with E-state index in [1.165, 1.54) is 6.42 Å². The summed E-state index contributed by atoms with van der Waals surface area (Å²) in [6.45, 7) is 0. The van der Waals surface area contributed by atoms with E-state index in [2.05, 4.69) is 5.16 Å². The van der Waals surface area contributed by atoms with Gasteiger partial charge in [0.15, 0.2) is 0 Å². The fourth-order valence-electron chi connectivity index (χ4n) is 4.25. The molecule has 15 heavy (non-hydrogen) atoms. The number of hydrogen-bond donors (Lipinski definition) is 2. The SMILES string of the molecule is O=C(O)C12CC3CC(CC(C3)/C1=N\O)C2. The van der Waals surface area contributed by atoms with Crippen molar-refractivity contribution < 1.29 is 15.1 Å². The van der Waals surface area contributed by atoms with Crippen LogP contribution in [0.2, 0.25) is 0 Å². The Kier molecular flexibility index (Phi) is 1.68. The standard InChI is InChI=1S/C11H15NO3/c13-10(14)11-4-6-1-7(5-11)3-8(2-6)9(11)12-15/h6-8,15H,1-5H2,(H,13,14)/b12-9+. The van der Waals surface area contributed by atoms with Gasteiger partial charge in [-0.1, -0.05) is 5.16 Å². The molecule has 2 atom stereocenters. The highest BCUT2D eigenvalue weighted by atomic mass is 16.4. The third-order valence-corrected chi connectivity index (χ3v) is 4.57. The lowest BCUT2D eigenvalue weighted by Crippen LogP contribution is -2.57. The number of carbonyl (C=O) groups is 1. The predicted molar refractivity (Wildman–Crippen MR) is 52.8 cm³/mol. The number of carboxylic acids is 1. The van der Waals surface area contributed by atoms with Gasteiger partial charge in [-0.25, -0.2) is 0 Å². The molecule has 4 fully saturated rings. The summed E-state index contributed by atoms with van der Waals surface area (Å²) in [7, 11) is 0. The molecule has 4 heteroatoms. The Labute approximate surface area is 88.0 Å². The first-order chi connectivity index (χ1) is 7.15. The maximum absolute atomic E-state index is 11.4. The normalized spacial score (nSPS) is 49.9. The van der Waals surface area contributed by atoms with E-state index in [1.807, 2.05) is 0 Å². The van der Waals surface area contributed by atoms with Gasteiger partial charge >= 0.3 is 5.97 Å². The lowest BCUT2D eigenvalue weighted by molar-refractivity contribution is -0.151. The Hall–Kier alpha value is -1.06. The second kappa shape index (κ2) is 2.74. The van der Waals surface area contributed by atoms with Gasteiger partial charge in [-0.15, -0.1) is 0 Å². The summed E-state index contributed by atoms with van der Waals surface area (Å²) in [5.74, 6) is 0.542. The van der Waals surface area contributed by atoms with Gasteiger partial charge in [0, 0.05) is 5.92 Å². The second-order valence-electron chi connectivity index (χ2n) is 5.42. The zero-order valence-electron chi connectivity index (χ0n) is 8.52. The van der Waals surface area contributed by atoms with Crippen molar-refractivity contribution in [1.82, 2.24) is 0 Å². The minimum atomic E-state index is -0.816. The Morgan fingerprint density at radius 2 is 1.87 bits per heavy atom. The number of carboxylic acid groups (broad SMARTS) is 1. The second-order valence-corrected chi connectivity index (χ2v) is 5.42. The largest absolute Gasteiger partial charge is 0.481 e. The Morgan fingerprint density at radius 3 is 2.33 bits per heavy atom. The molecule has 4 aliphatic rings. The summed E-state index contributed by atoms with van der Waals surface area (Å²) in [4.78, 5) is 11.4. The minimum Gasteiger partial charge on any atom is -0.481 e. The highest BCUT2D eigenvalue weighted by Crippen LogP contribution is 2.58. The third kappa shape index (κ3) is 1.02. The minimum absolute atomic E-state index is 0.234. The van der Waals surface area contributed by atoms with E-state index < -0.39 is 11.4 Å². The number of nitrogens with zero attached hydrogens (tertiary/aromatic N) is 1. The summed E-state index contributed by atoms with van der Waals surface area (Å²) < 4.78 is 0. The van der Waals surface area contributed by atoms with Crippen LogP contribution in [0.1, 0.15) is 32.1 Å². The average molecular weight is 209 g/mol. The van der Waals surface area contributed by atoms with Crippen molar-refractivity contribution in [3.8, 4) is 0 Å². The molecule has 4 aliphatic carbocycles. The maximum atomic E-state index is 11.4. The summed E-state index contributed by atoms with van der Waals surface area (Å²) in [6.07, 6.45) is 4.63. The lowest BCUT2D eigenvalue weighted by atomic mass is 9.48. The van der Waals surface area contributed by atoms with Crippen LogP contribution in [0.15, 0.2) is 5.16 Å². The van der Waals surface area contributed by atoms with Gasteiger partial charge in [0.1, 0.15) is 5.41 Å². The van der Waals surface area contributed by atoms with Crippen LogP contribution in [-0.4, -0.2) is 22.0 Å². The van der Waals surface area contributed by atoms with Crippen molar-refractivity contribution in [1.29, 1.82) is 0 Å². The van der Waals surface area contributed by atoms with Crippen molar-refractivity contribution in [3.63, 3.8) is 0 Å². The predicted octanol–water partition coefficient (Wildman–Crippen LogP) is 1.73. The van der Waals surface area contributed by atoms with Crippen LogP contribution in [-0.2, 0) is 4.79 Å². The summed E-state index contributed by atoms with van der Waals surface area (Å²) in [5.41, 5.74) is -0.258. The summed E-state index contributed by atoms with van der Waals surface area (Å²) >= 11 is 0. The van der Waals surface area contributed by atoms with Crippen molar-refractivity contribution in [3.05, 3.63) is 0 Å². The number of rotatable bonds is 1. The highest BCUT2D eigenvalue weighted by Gasteiger charge is 2.59. The van der Waals surface area contributed by atoms with Gasteiger partial charge in [-0.3, -0.25) is 4.79 Å². The Morgan fingerprint density at radius 1 is 1.27 bits per heavy atom. The third-order valence-electron chi connectivity index (χ3n) is 4.57. The molecule has 0 saturated heterocycles. The molecule has 4 rings (SSSR count). The number of hydrogen-bond acceptors (Lipinski definition) is 3. The molecule has 4 saturated carbocycles. The Bertz CT molecular complexity index is 336. The van der Waals surface area contributed by atoms with Gasteiger partial charge < -0.3 is 10.3 Å². The van der Waals surface area contributed by atoms with Crippen molar-refractivity contribution >= 4 is 11.7 Å². The van der Waals surface area contributed by atoms with Crippen molar-refractivity contribution in [2.24, 2.45) is 28.3 Å². The zero-order valence-corrected chi connectivity index (χ0v) is 8.52. The molecule has 0 radical (unpaired) electrons. The van der Waals surface area contributed by atoms with Crippen LogP contribution in [0.25, 0.3) is 0 Å².